The van der Waals surface area contributed by atoms with E-state index in [2.05, 4.69) is 37.2 Å². The van der Waals surface area contributed by atoms with Gasteiger partial charge in [0.2, 0.25) is 0 Å². The molecule has 0 spiro atoms. The lowest BCUT2D eigenvalue weighted by Gasteiger charge is -2.27. The number of hydrogen-bond donors (Lipinski definition) is 2. The number of nitrogens with zero attached hydrogens (tertiary/aromatic N) is 1. The molecule has 4 amide bonds. The van der Waals surface area contributed by atoms with Crippen molar-refractivity contribution in [2.24, 2.45) is 0 Å². The Kier molecular flexibility index (Phi) is 8.51. The summed E-state index contributed by atoms with van der Waals surface area (Å²) >= 11 is 6.86. The molecule has 1 saturated heterocycles. The van der Waals surface area contributed by atoms with Crippen LogP contribution in [0.3, 0.4) is 0 Å². The number of barbiturate groups is 1. The number of urea groups is 1. The summed E-state index contributed by atoms with van der Waals surface area (Å²) < 4.78 is 13.0. The molecule has 3 aromatic rings. The molecule has 1 aliphatic rings. The summed E-state index contributed by atoms with van der Waals surface area (Å²) in [6.45, 7) is 4.10. The van der Waals surface area contributed by atoms with E-state index in [1.165, 1.54) is 18.2 Å². The number of anilines is 1. The third kappa shape index (κ3) is 6.21. The van der Waals surface area contributed by atoms with Crippen LogP contribution in [0.5, 0.6) is 11.5 Å². The topological polar surface area (TPSA) is 122 Å². The molecule has 1 fully saturated rings. The van der Waals surface area contributed by atoms with Crippen molar-refractivity contribution in [3.05, 3.63) is 91.4 Å². The van der Waals surface area contributed by atoms with E-state index in [-0.39, 0.29) is 17.7 Å². The van der Waals surface area contributed by atoms with Gasteiger partial charge in [-0.15, -0.1) is 0 Å². The molecular weight excluding hydrogens is 636 g/mol. The maximum absolute atomic E-state index is 13.3. The van der Waals surface area contributed by atoms with Crippen molar-refractivity contribution in [1.82, 2.24) is 5.32 Å². The smallest absolute Gasteiger partial charge is 0.335 e. The Morgan fingerprint density at radius 3 is 2.31 bits per heavy atom. The minimum absolute atomic E-state index is 0.150. The number of aromatic carboxylic acids is 1. The number of carboxylic acid groups (broad SMARTS) is 1. The van der Waals surface area contributed by atoms with E-state index in [1.807, 2.05) is 6.92 Å². The highest BCUT2D eigenvalue weighted by Crippen LogP contribution is 2.36. The van der Waals surface area contributed by atoms with E-state index >= 15 is 0 Å². The van der Waals surface area contributed by atoms with Crippen LogP contribution in [-0.2, 0) is 16.2 Å². The molecule has 0 atom stereocenters. The van der Waals surface area contributed by atoms with E-state index in [1.54, 1.807) is 49.4 Å². The zero-order valence-corrected chi connectivity index (χ0v) is 24.0. The zero-order valence-electron chi connectivity index (χ0n) is 20.8. The molecule has 0 unspecified atom stereocenters. The van der Waals surface area contributed by atoms with Crippen LogP contribution in [0.2, 0.25) is 0 Å². The van der Waals surface area contributed by atoms with Crippen molar-refractivity contribution >= 4 is 67.4 Å². The van der Waals surface area contributed by atoms with E-state index in [0.29, 0.717) is 33.8 Å². The molecule has 0 saturated carbocycles. The van der Waals surface area contributed by atoms with Gasteiger partial charge < -0.3 is 14.6 Å². The Morgan fingerprint density at radius 1 is 0.974 bits per heavy atom. The summed E-state index contributed by atoms with van der Waals surface area (Å²) in [6.07, 6.45) is 1.38. The van der Waals surface area contributed by atoms with Crippen LogP contribution >= 0.6 is 31.9 Å². The number of aryl methyl sites for hydroxylation is 1. The van der Waals surface area contributed by atoms with E-state index < -0.39 is 23.8 Å². The Bertz CT molecular complexity index is 1520. The normalized spacial score (nSPS) is 14.4. The number of carbonyl (C=O) groups is 4. The summed E-state index contributed by atoms with van der Waals surface area (Å²) in [5, 5.41) is 11.3. The van der Waals surface area contributed by atoms with Gasteiger partial charge in [-0.25, -0.2) is 14.5 Å². The largest absolute Gasteiger partial charge is 0.490 e. The molecule has 0 radical (unpaired) electrons. The zero-order chi connectivity index (χ0) is 28.3. The van der Waals surface area contributed by atoms with Crippen LogP contribution < -0.4 is 19.7 Å². The molecule has 11 heteroatoms. The number of hydrogen-bond acceptors (Lipinski definition) is 6. The summed E-state index contributed by atoms with van der Waals surface area (Å²) in [5.41, 5.74) is 2.29. The number of rotatable bonds is 8. The molecule has 4 rings (SSSR count). The van der Waals surface area contributed by atoms with Gasteiger partial charge in [0.15, 0.2) is 11.5 Å². The summed E-state index contributed by atoms with van der Waals surface area (Å²) in [6, 6.07) is 13.7. The first-order valence-electron chi connectivity index (χ1n) is 11.7. The minimum atomic E-state index is -1.01. The van der Waals surface area contributed by atoms with Gasteiger partial charge in [0.1, 0.15) is 12.2 Å². The van der Waals surface area contributed by atoms with Crippen molar-refractivity contribution in [2.75, 3.05) is 11.5 Å². The summed E-state index contributed by atoms with van der Waals surface area (Å²) in [7, 11) is 0. The second-order valence-electron chi connectivity index (χ2n) is 8.44. The maximum atomic E-state index is 13.3. The highest BCUT2D eigenvalue weighted by Gasteiger charge is 2.37. The van der Waals surface area contributed by atoms with Crippen molar-refractivity contribution in [2.45, 2.75) is 20.5 Å². The van der Waals surface area contributed by atoms with Gasteiger partial charge in [-0.2, -0.15) is 0 Å². The molecule has 0 aliphatic carbocycles. The van der Waals surface area contributed by atoms with Crippen molar-refractivity contribution in [1.29, 1.82) is 0 Å². The fourth-order valence-electron chi connectivity index (χ4n) is 3.76. The standard InChI is InChI=1S/C28H22Br2N2O7/c1-3-38-23-12-18(22(30)13-24(23)39-14-16-4-6-17(7-5-16)27(35)36)11-20-25(33)31-28(37)32(26(20)34)19-8-9-21(29)15(2)10-19/h4-13H,3,14H2,1-2H3,(H,35,36)(H,31,33,37)/b20-11+. The van der Waals surface area contributed by atoms with E-state index in [0.717, 1.165) is 20.5 Å². The van der Waals surface area contributed by atoms with Crippen molar-refractivity contribution in [3.8, 4) is 11.5 Å². The second-order valence-corrected chi connectivity index (χ2v) is 10.1. The Hall–Kier alpha value is -3.96. The van der Waals surface area contributed by atoms with Gasteiger partial charge in [0, 0.05) is 8.95 Å². The minimum Gasteiger partial charge on any atom is -0.490 e. The van der Waals surface area contributed by atoms with Crippen LogP contribution in [-0.4, -0.2) is 35.5 Å². The van der Waals surface area contributed by atoms with E-state index in [9.17, 15) is 19.2 Å². The van der Waals surface area contributed by atoms with Gasteiger partial charge in [-0.05, 0) is 79.1 Å². The molecule has 0 aromatic heterocycles. The molecule has 2 N–H and O–H groups in total. The first-order valence-corrected chi connectivity index (χ1v) is 13.3. The highest BCUT2D eigenvalue weighted by molar-refractivity contribution is 9.10. The highest BCUT2D eigenvalue weighted by atomic mass is 79.9. The maximum Gasteiger partial charge on any atom is 0.335 e. The second kappa shape index (κ2) is 11.8. The third-order valence-corrected chi connectivity index (χ3v) is 7.34. The van der Waals surface area contributed by atoms with Gasteiger partial charge >= 0.3 is 12.0 Å². The molecule has 200 valence electrons. The first-order chi connectivity index (χ1) is 18.6. The molecule has 39 heavy (non-hydrogen) atoms. The van der Waals surface area contributed by atoms with Crippen LogP contribution in [0.1, 0.15) is 34.0 Å². The molecule has 9 nitrogen and oxygen atoms in total. The molecule has 1 heterocycles. The number of halogens is 2. The first kappa shape index (κ1) is 28.1. The number of ether oxygens (including phenoxy) is 2. The monoisotopic (exact) mass is 656 g/mol. The van der Waals surface area contributed by atoms with Crippen LogP contribution in [0.4, 0.5) is 10.5 Å². The fourth-order valence-corrected chi connectivity index (χ4v) is 4.45. The van der Waals surface area contributed by atoms with Crippen LogP contribution in [0.15, 0.2) is 69.1 Å². The number of carboxylic acids is 1. The molecule has 0 bridgehead atoms. The van der Waals surface area contributed by atoms with Crippen LogP contribution in [0, 0.1) is 6.92 Å². The number of carbonyl (C=O) groups excluding carboxylic acids is 3. The SMILES string of the molecule is CCOc1cc(/C=C2\C(=O)NC(=O)N(c3ccc(Br)c(C)c3)C2=O)c(Br)cc1OCc1ccc(C(=O)O)cc1. The van der Waals surface area contributed by atoms with Crippen molar-refractivity contribution < 1.29 is 33.8 Å². The summed E-state index contributed by atoms with van der Waals surface area (Å²) in [4.78, 5) is 50.5. The average Bonchev–Trinajstić information content (AvgIpc) is 2.89. The predicted molar refractivity (Wildman–Crippen MR) is 151 cm³/mol. The lowest BCUT2D eigenvalue weighted by molar-refractivity contribution is -0.122. The Labute approximate surface area is 240 Å². The average molecular weight is 658 g/mol. The number of imide groups is 2. The van der Waals surface area contributed by atoms with Gasteiger partial charge in [-0.3, -0.25) is 14.9 Å². The molecular formula is C28H22Br2N2O7. The molecule has 3 aromatic carbocycles. The quantitative estimate of drug-likeness (QED) is 0.230. The number of amides is 4. The lowest BCUT2D eigenvalue weighted by atomic mass is 10.1. The third-order valence-electron chi connectivity index (χ3n) is 5.76. The van der Waals surface area contributed by atoms with Gasteiger partial charge in [0.25, 0.3) is 11.8 Å². The van der Waals surface area contributed by atoms with Gasteiger partial charge in [0.05, 0.1) is 17.9 Å². The van der Waals surface area contributed by atoms with Crippen molar-refractivity contribution in [3.63, 3.8) is 0 Å². The van der Waals surface area contributed by atoms with Gasteiger partial charge in [-0.1, -0.05) is 44.0 Å². The van der Waals surface area contributed by atoms with Crippen LogP contribution in [0.25, 0.3) is 6.08 Å². The fraction of sp³-hybridized carbons (Fsp3) is 0.143. The predicted octanol–water partition coefficient (Wildman–Crippen LogP) is 5.86. The Balaban J connectivity index is 1.64. The number of nitrogens with one attached hydrogen (secondary N) is 1. The van der Waals surface area contributed by atoms with E-state index in [4.69, 9.17) is 14.6 Å². The lowest BCUT2D eigenvalue weighted by Crippen LogP contribution is -2.54. The number of benzene rings is 3. The Morgan fingerprint density at radius 2 is 1.67 bits per heavy atom. The summed E-state index contributed by atoms with van der Waals surface area (Å²) in [5.74, 6) is -1.82. The molecule has 1 aliphatic heterocycles.